The zero-order valence-electron chi connectivity index (χ0n) is 23.2. The fourth-order valence-electron chi connectivity index (χ4n) is 6.01. The molecule has 3 aromatic rings. The van der Waals surface area contributed by atoms with Gasteiger partial charge in [-0.15, -0.1) is 0 Å². The van der Waals surface area contributed by atoms with Crippen molar-refractivity contribution in [3.63, 3.8) is 0 Å². The number of thiazole rings is 1. The molecule has 11 heteroatoms. The van der Waals surface area contributed by atoms with Gasteiger partial charge in [-0.25, -0.2) is 9.18 Å². The number of halogens is 1. The number of ether oxygens (including phenoxy) is 3. The molecule has 3 aliphatic heterocycles. The first-order valence-electron chi connectivity index (χ1n) is 13.9. The molecular formula is C29H35FN4O5S. The lowest BCUT2D eigenvalue weighted by Gasteiger charge is -2.40. The van der Waals surface area contributed by atoms with Crippen LogP contribution in [-0.2, 0) is 17.8 Å². The van der Waals surface area contributed by atoms with E-state index in [1.807, 2.05) is 26.8 Å². The molecule has 0 bridgehead atoms. The number of rotatable bonds is 5. The molecule has 0 aliphatic carbocycles. The van der Waals surface area contributed by atoms with Crippen molar-refractivity contribution in [2.24, 2.45) is 0 Å². The van der Waals surface area contributed by atoms with Crippen LogP contribution in [0.3, 0.4) is 0 Å². The lowest BCUT2D eigenvalue weighted by atomic mass is 9.90. The van der Waals surface area contributed by atoms with Gasteiger partial charge in [0.2, 0.25) is 0 Å². The SMILES string of the molecule is CC(C)(C)OC(=O)N(Cc1cc2c(cn1)OCCO2)C1CCN(CC2CCn3c(=O)sc4ccc(F)c2c43)CC1. The van der Waals surface area contributed by atoms with Crippen LogP contribution in [0.15, 0.2) is 29.2 Å². The Labute approximate surface area is 236 Å². The third-order valence-corrected chi connectivity index (χ3v) is 8.79. The maximum absolute atomic E-state index is 15.0. The number of aryl methyl sites for hydroxylation is 1. The molecule has 0 saturated carbocycles. The Bertz CT molecular complexity index is 1470. The van der Waals surface area contributed by atoms with Gasteiger partial charge in [0.1, 0.15) is 24.6 Å². The van der Waals surface area contributed by atoms with Gasteiger partial charge in [0.05, 0.1) is 28.7 Å². The van der Waals surface area contributed by atoms with E-state index in [0.717, 1.165) is 49.1 Å². The highest BCUT2D eigenvalue weighted by molar-refractivity contribution is 7.16. The number of amides is 1. The number of fused-ring (bicyclic) bond motifs is 1. The van der Waals surface area contributed by atoms with Crippen molar-refractivity contribution >= 4 is 27.6 Å². The summed E-state index contributed by atoms with van der Waals surface area (Å²) in [5, 5.41) is 0. The van der Waals surface area contributed by atoms with Gasteiger partial charge >= 0.3 is 11.0 Å². The topological polar surface area (TPSA) is 86.1 Å². The van der Waals surface area contributed by atoms with E-state index in [1.165, 1.54) is 17.4 Å². The molecule has 1 saturated heterocycles. The number of nitrogens with zero attached hydrogens (tertiary/aromatic N) is 4. The van der Waals surface area contributed by atoms with Gasteiger partial charge < -0.3 is 19.1 Å². The Morgan fingerprint density at radius 2 is 1.90 bits per heavy atom. The summed E-state index contributed by atoms with van der Waals surface area (Å²) in [7, 11) is 0. The highest BCUT2D eigenvalue weighted by Crippen LogP contribution is 2.37. The minimum atomic E-state index is -0.620. The van der Waals surface area contributed by atoms with Gasteiger partial charge in [-0.05, 0) is 52.2 Å². The summed E-state index contributed by atoms with van der Waals surface area (Å²) in [6.07, 6.45) is 3.56. The Morgan fingerprint density at radius 1 is 1.15 bits per heavy atom. The molecule has 9 nitrogen and oxygen atoms in total. The fourth-order valence-corrected chi connectivity index (χ4v) is 6.94. The highest BCUT2D eigenvalue weighted by Gasteiger charge is 2.34. The predicted octanol–water partition coefficient (Wildman–Crippen LogP) is 4.76. The van der Waals surface area contributed by atoms with Crippen LogP contribution in [0.5, 0.6) is 11.5 Å². The van der Waals surface area contributed by atoms with Crippen molar-refractivity contribution in [2.75, 3.05) is 32.8 Å². The van der Waals surface area contributed by atoms with E-state index in [0.29, 0.717) is 49.1 Å². The number of hydrogen-bond acceptors (Lipinski definition) is 8. The normalized spacial score (nSPS) is 19.6. The maximum Gasteiger partial charge on any atom is 0.410 e. The zero-order chi connectivity index (χ0) is 28.0. The van der Waals surface area contributed by atoms with E-state index >= 15 is 4.39 Å². The second-order valence-corrected chi connectivity index (χ2v) is 12.8. The van der Waals surface area contributed by atoms with Crippen molar-refractivity contribution < 1.29 is 23.4 Å². The van der Waals surface area contributed by atoms with Gasteiger partial charge in [0.15, 0.2) is 11.5 Å². The largest absolute Gasteiger partial charge is 0.486 e. The third kappa shape index (κ3) is 5.41. The minimum absolute atomic E-state index is 0.0177. The molecule has 1 amide bonds. The summed E-state index contributed by atoms with van der Waals surface area (Å²) in [6, 6.07) is 5.03. The third-order valence-electron chi connectivity index (χ3n) is 7.85. The monoisotopic (exact) mass is 570 g/mol. The molecule has 3 aliphatic rings. The first-order valence-corrected chi connectivity index (χ1v) is 14.8. The zero-order valence-corrected chi connectivity index (χ0v) is 24.0. The van der Waals surface area contributed by atoms with Crippen molar-refractivity contribution in [1.29, 1.82) is 0 Å². The van der Waals surface area contributed by atoms with Crippen molar-refractivity contribution in [3.8, 4) is 11.5 Å². The second-order valence-electron chi connectivity index (χ2n) is 11.8. The van der Waals surface area contributed by atoms with E-state index in [4.69, 9.17) is 14.2 Å². The Balaban J connectivity index is 1.16. The number of piperidine rings is 1. The summed E-state index contributed by atoms with van der Waals surface area (Å²) < 4.78 is 34.7. The summed E-state index contributed by atoms with van der Waals surface area (Å²) in [5.74, 6) is 1.04. The molecule has 1 aromatic carbocycles. The molecule has 0 radical (unpaired) electrons. The van der Waals surface area contributed by atoms with Gasteiger partial charge in [-0.1, -0.05) is 11.3 Å². The minimum Gasteiger partial charge on any atom is -0.486 e. The molecule has 0 spiro atoms. The molecule has 5 heterocycles. The highest BCUT2D eigenvalue weighted by atomic mass is 32.1. The first-order chi connectivity index (χ1) is 19.2. The molecule has 1 atom stereocenters. The number of carbonyl (C=O) groups excluding carboxylic acids is 1. The summed E-state index contributed by atoms with van der Waals surface area (Å²) in [6.45, 7) is 9.78. The van der Waals surface area contributed by atoms with E-state index in [-0.39, 0.29) is 28.7 Å². The van der Waals surface area contributed by atoms with Gasteiger partial charge in [-0.2, -0.15) is 0 Å². The van der Waals surface area contributed by atoms with Crippen LogP contribution in [0.4, 0.5) is 9.18 Å². The van der Waals surface area contributed by atoms with Crippen LogP contribution in [0.1, 0.15) is 57.2 Å². The van der Waals surface area contributed by atoms with E-state index in [2.05, 4.69) is 9.88 Å². The number of likely N-dealkylation sites (tertiary alicyclic amines) is 1. The average molecular weight is 571 g/mol. The lowest BCUT2D eigenvalue weighted by molar-refractivity contribution is 0.00506. The average Bonchev–Trinajstić information content (AvgIpc) is 3.25. The standard InChI is InChI=1S/C29H35FN4O5S/c1-29(2,3)39-27(35)34(17-19-14-22-23(15-31-19)38-13-12-37-22)20-7-9-32(10-8-20)16-18-6-11-33-26-24(40-28(33)36)5-4-21(30)25(18)26/h4-5,14-15,18,20H,6-13,16-17H2,1-3H3. The smallest absolute Gasteiger partial charge is 0.410 e. The van der Waals surface area contributed by atoms with E-state index in [1.54, 1.807) is 21.7 Å². The predicted molar refractivity (Wildman–Crippen MR) is 150 cm³/mol. The lowest BCUT2D eigenvalue weighted by Crippen LogP contribution is -2.49. The summed E-state index contributed by atoms with van der Waals surface area (Å²) in [4.78, 5) is 34.4. The number of carbonyl (C=O) groups is 1. The van der Waals surface area contributed by atoms with Crippen LogP contribution >= 0.6 is 11.3 Å². The molecule has 1 fully saturated rings. The number of pyridine rings is 1. The van der Waals surface area contributed by atoms with E-state index in [9.17, 15) is 9.59 Å². The van der Waals surface area contributed by atoms with Gasteiger partial charge in [-0.3, -0.25) is 19.2 Å². The van der Waals surface area contributed by atoms with Crippen molar-refractivity contribution in [3.05, 3.63) is 51.1 Å². The molecule has 6 rings (SSSR count). The van der Waals surface area contributed by atoms with Gasteiger partial charge in [0, 0.05) is 49.8 Å². The molecule has 0 N–H and O–H groups in total. The summed E-state index contributed by atoms with van der Waals surface area (Å²) >= 11 is 1.19. The molecular weight excluding hydrogens is 535 g/mol. The fraction of sp³-hybridized carbons (Fsp3) is 0.552. The Morgan fingerprint density at radius 3 is 2.65 bits per heavy atom. The Hall–Kier alpha value is -3.18. The molecule has 1 unspecified atom stereocenters. The number of hydrogen-bond donors (Lipinski definition) is 0. The maximum atomic E-state index is 15.0. The van der Waals surface area contributed by atoms with Crippen molar-refractivity contribution in [2.45, 2.75) is 70.7 Å². The van der Waals surface area contributed by atoms with Crippen molar-refractivity contribution in [1.82, 2.24) is 19.4 Å². The van der Waals surface area contributed by atoms with Crippen LogP contribution < -0.4 is 14.3 Å². The van der Waals surface area contributed by atoms with Crippen LogP contribution in [-0.4, -0.2) is 69.9 Å². The van der Waals surface area contributed by atoms with Crippen LogP contribution in [0.2, 0.25) is 0 Å². The molecule has 40 heavy (non-hydrogen) atoms. The quantitative estimate of drug-likeness (QED) is 0.437. The molecule has 214 valence electrons. The van der Waals surface area contributed by atoms with E-state index < -0.39 is 5.60 Å². The molecule has 2 aromatic heterocycles. The number of benzene rings is 1. The van der Waals surface area contributed by atoms with Crippen LogP contribution in [0, 0.1) is 5.82 Å². The Kier molecular flexibility index (Phi) is 7.20. The van der Waals surface area contributed by atoms with Gasteiger partial charge in [0.25, 0.3) is 0 Å². The number of aromatic nitrogens is 2. The first kappa shape index (κ1) is 27.0. The summed E-state index contributed by atoms with van der Waals surface area (Å²) in [5.41, 5.74) is 1.53. The second kappa shape index (κ2) is 10.7. The van der Waals surface area contributed by atoms with Crippen LogP contribution in [0.25, 0.3) is 10.2 Å².